The Morgan fingerprint density at radius 2 is 1.61 bits per heavy atom. The number of hydrogen-bond donors (Lipinski definition) is 0. The number of likely N-dealkylation sites (tertiary alicyclic amines) is 1. The zero-order chi connectivity index (χ0) is 22.0. The van der Waals surface area contributed by atoms with Gasteiger partial charge in [-0.25, -0.2) is 4.98 Å². The monoisotopic (exact) mass is 420 g/mol. The molecule has 6 heteroatoms. The molecule has 1 aromatic heterocycles. The smallest absolute Gasteiger partial charge is 0.254 e. The first kappa shape index (κ1) is 21.0. The quantitative estimate of drug-likeness (QED) is 0.593. The van der Waals surface area contributed by atoms with E-state index in [0.29, 0.717) is 34.4 Å². The zero-order valence-electron chi connectivity index (χ0n) is 18.5. The third kappa shape index (κ3) is 4.02. The Hall–Kier alpha value is -3.28. The SMILES string of the molecule is COc1cc(-c2cc(C(=O)N3CCC(C)CC3)c3ccccc3n2)cc(OC)c1OC. The number of rotatable bonds is 5. The summed E-state index contributed by atoms with van der Waals surface area (Å²) in [6, 6.07) is 13.4. The van der Waals surface area contributed by atoms with Crippen LogP contribution in [0.25, 0.3) is 22.2 Å². The van der Waals surface area contributed by atoms with E-state index in [2.05, 4.69) is 6.92 Å². The number of nitrogens with zero attached hydrogens (tertiary/aromatic N) is 2. The average Bonchev–Trinajstić information content (AvgIpc) is 2.82. The highest BCUT2D eigenvalue weighted by Crippen LogP contribution is 2.41. The summed E-state index contributed by atoms with van der Waals surface area (Å²) in [5.41, 5.74) is 2.93. The normalized spacial score (nSPS) is 14.5. The highest BCUT2D eigenvalue weighted by molar-refractivity contribution is 6.07. The van der Waals surface area contributed by atoms with E-state index in [1.54, 1.807) is 21.3 Å². The molecular weight excluding hydrogens is 392 g/mol. The van der Waals surface area contributed by atoms with E-state index in [1.165, 1.54) is 0 Å². The number of carbonyl (C=O) groups excluding carboxylic acids is 1. The minimum atomic E-state index is 0.0548. The van der Waals surface area contributed by atoms with E-state index in [1.807, 2.05) is 47.4 Å². The molecule has 0 bridgehead atoms. The number of carbonyl (C=O) groups is 1. The molecule has 0 atom stereocenters. The van der Waals surface area contributed by atoms with Gasteiger partial charge in [0.1, 0.15) is 0 Å². The summed E-state index contributed by atoms with van der Waals surface area (Å²) >= 11 is 0. The summed E-state index contributed by atoms with van der Waals surface area (Å²) in [5, 5.41) is 0.863. The fraction of sp³-hybridized carbons (Fsp3) is 0.360. The van der Waals surface area contributed by atoms with E-state index in [-0.39, 0.29) is 5.91 Å². The molecule has 1 saturated heterocycles. The molecule has 31 heavy (non-hydrogen) atoms. The van der Waals surface area contributed by atoms with Crippen molar-refractivity contribution in [2.75, 3.05) is 34.4 Å². The molecule has 6 nitrogen and oxygen atoms in total. The van der Waals surface area contributed by atoms with Gasteiger partial charge < -0.3 is 19.1 Å². The van der Waals surface area contributed by atoms with Crippen molar-refractivity contribution in [1.29, 1.82) is 0 Å². The lowest BCUT2D eigenvalue weighted by atomic mass is 9.97. The molecule has 1 aliphatic rings. The van der Waals surface area contributed by atoms with Crippen LogP contribution >= 0.6 is 0 Å². The summed E-state index contributed by atoms with van der Waals surface area (Å²) in [7, 11) is 4.74. The molecule has 0 radical (unpaired) electrons. The summed E-state index contributed by atoms with van der Waals surface area (Å²) in [6.45, 7) is 3.82. The van der Waals surface area contributed by atoms with Gasteiger partial charge in [0.2, 0.25) is 5.75 Å². The summed E-state index contributed by atoms with van der Waals surface area (Å²) in [5.74, 6) is 2.33. The highest BCUT2D eigenvalue weighted by atomic mass is 16.5. The molecule has 2 aromatic carbocycles. The van der Waals surface area contributed by atoms with Gasteiger partial charge in [-0.15, -0.1) is 0 Å². The number of hydrogen-bond acceptors (Lipinski definition) is 5. The molecule has 0 aliphatic carbocycles. The first-order valence-electron chi connectivity index (χ1n) is 10.5. The Labute approximate surface area is 182 Å². The van der Waals surface area contributed by atoms with Crippen molar-refractivity contribution in [2.24, 2.45) is 5.92 Å². The fourth-order valence-corrected chi connectivity index (χ4v) is 4.11. The molecule has 1 fully saturated rings. The van der Waals surface area contributed by atoms with Crippen molar-refractivity contribution in [1.82, 2.24) is 9.88 Å². The van der Waals surface area contributed by atoms with Crippen molar-refractivity contribution in [3.8, 4) is 28.5 Å². The van der Waals surface area contributed by atoms with Crippen molar-refractivity contribution in [3.05, 3.63) is 48.0 Å². The maximum Gasteiger partial charge on any atom is 0.254 e. The van der Waals surface area contributed by atoms with Crippen molar-refractivity contribution in [2.45, 2.75) is 19.8 Å². The molecule has 162 valence electrons. The van der Waals surface area contributed by atoms with Gasteiger partial charge in [-0.3, -0.25) is 4.79 Å². The molecule has 4 rings (SSSR count). The van der Waals surface area contributed by atoms with Crippen LogP contribution in [-0.2, 0) is 0 Å². The van der Waals surface area contributed by atoms with Gasteiger partial charge in [-0.05, 0) is 43.0 Å². The number of aromatic nitrogens is 1. The molecule has 0 N–H and O–H groups in total. The minimum Gasteiger partial charge on any atom is -0.493 e. The molecule has 3 aromatic rings. The molecule has 1 aliphatic heterocycles. The number of amides is 1. The summed E-state index contributed by atoms with van der Waals surface area (Å²) in [4.78, 5) is 20.3. The van der Waals surface area contributed by atoms with Gasteiger partial charge in [0.15, 0.2) is 11.5 Å². The Kier molecular flexibility index (Phi) is 5.98. The number of fused-ring (bicyclic) bond motifs is 1. The molecular formula is C25H28N2O4. The Balaban J connectivity index is 1.84. The maximum atomic E-state index is 13.5. The number of methoxy groups -OCH3 is 3. The first-order chi connectivity index (χ1) is 15.0. The Morgan fingerprint density at radius 1 is 0.968 bits per heavy atom. The standard InChI is InChI=1S/C25H28N2O4/c1-16-9-11-27(12-10-16)25(28)19-15-21(26-20-8-6-5-7-18(19)20)17-13-22(29-2)24(31-4)23(14-17)30-3/h5-8,13-16H,9-12H2,1-4H3. The Morgan fingerprint density at radius 3 is 2.23 bits per heavy atom. The van der Waals surface area contributed by atoms with Crippen LogP contribution in [0.2, 0.25) is 0 Å². The highest BCUT2D eigenvalue weighted by Gasteiger charge is 2.24. The summed E-state index contributed by atoms with van der Waals surface area (Å²) in [6.07, 6.45) is 2.07. The van der Waals surface area contributed by atoms with Crippen LogP contribution < -0.4 is 14.2 Å². The van der Waals surface area contributed by atoms with Crippen LogP contribution in [-0.4, -0.2) is 50.2 Å². The topological polar surface area (TPSA) is 60.9 Å². The number of para-hydroxylation sites is 1. The predicted molar refractivity (Wildman–Crippen MR) is 121 cm³/mol. The van der Waals surface area contributed by atoms with Gasteiger partial charge in [0.25, 0.3) is 5.91 Å². The van der Waals surface area contributed by atoms with Crippen molar-refractivity contribution >= 4 is 16.8 Å². The van der Waals surface area contributed by atoms with E-state index in [9.17, 15) is 4.79 Å². The zero-order valence-corrected chi connectivity index (χ0v) is 18.5. The lowest BCUT2D eigenvalue weighted by molar-refractivity contribution is 0.0699. The van der Waals surface area contributed by atoms with Gasteiger partial charge in [0, 0.05) is 24.0 Å². The minimum absolute atomic E-state index is 0.0548. The van der Waals surface area contributed by atoms with Crippen molar-refractivity contribution in [3.63, 3.8) is 0 Å². The van der Waals surface area contributed by atoms with Crippen LogP contribution in [0.15, 0.2) is 42.5 Å². The molecule has 2 heterocycles. The van der Waals surface area contributed by atoms with Gasteiger partial charge in [-0.2, -0.15) is 0 Å². The second-order valence-electron chi connectivity index (χ2n) is 7.96. The fourth-order valence-electron chi connectivity index (χ4n) is 4.11. The van der Waals surface area contributed by atoms with E-state index in [0.717, 1.165) is 42.4 Å². The van der Waals surface area contributed by atoms with Crippen LogP contribution in [0.4, 0.5) is 0 Å². The van der Waals surface area contributed by atoms with Crippen LogP contribution in [0, 0.1) is 5.92 Å². The summed E-state index contributed by atoms with van der Waals surface area (Å²) < 4.78 is 16.4. The van der Waals surface area contributed by atoms with E-state index in [4.69, 9.17) is 19.2 Å². The van der Waals surface area contributed by atoms with Gasteiger partial charge in [0.05, 0.1) is 38.1 Å². The maximum absolute atomic E-state index is 13.5. The molecule has 0 unspecified atom stereocenters. The van der Waals surface area contributed by atoms with E-state index < -0.39 is 0 Å². The molecule has 0 spiro atoms. The number of pyridine rings is 1. The van der Waals surface area contributed by atoms with E-state index >= 15 is 0 Å². The second kappa shape index (κ2) is 8.84. The lowest BCUT2D eigenvalue weighted by Crippen LogP contribution is -2.38. The predicted octanol–water partition coefficient (Wildman–Crippen LogP) is 4.80. The lowest BCUT2D eigenvalue weighted by Gasteiger charge is -2.30. The second-order valence-corrected chi connectivity index (χ2v) is 7.96. The molecule has 1 amide bonds. The van der Waals surface area contributed by atoms with Crippen LogP contribution in [0.5, 0.6) is 17.2 Å². The first-order valence-corrected chi connectivity index (χ1v) is 10.5. The third-order valence-electron chi connectivity index (χ3n) is 5.98. The molecule has 0 saturated carbocycles. The Bertz CT molecular complexity index is 1080. The largest absolute Gasteiger partial charge is 0.493 e. The number of benzene rings is 2. The van der Waals surface area contributed by atoms with Crippen molar-refractivity contribution < 1.29 is 19.0 Å². The van der Waals surface area contributed by atoms with Gasteiger partial charge >= 0.3 is 0 Å². The third-order valence-corrected chi connectivity index (χ3v) is 5.98. The average molecular weight is 421 g/mol. The van der Waals surface area contributed by atoms with Gasteiger partial charge in [-0.1, -0.05) is 25.1 Å². The number of ether oxygens (including phenoxy) is 3. The van der Waals surface area contributed by atoms with Crippen LogP contribution in [0.3, 0.4) is 0 Å². The number of piperidine rings is 1. The van der Waals surface area contributed by atoms with Crippen LogP contribution in [0.1, 0.15) is 30.1 Å².